The lowest BCUT2D eigenvalue weighted by atomic mass is 10.0. The summed E-state index contributed by atoms with van der Waals surface area (Å²) in [5.74, 6) is 2.11. The van der Waals surface area contributed by atoms with Gasteiger partial charge in [0.05, 0.1) is 5.69 Å². The van der Waals surface area contributed by atoms with Gasteiger partial charge in [-0.2, -0.15) is 0 Å². The van der Waals surface area contributed by atoms with Gasteiger partial charge in [-0.25, -0.2) is 4.98 Å². The van der Waals surface area contributed by atoms with Gasteiger partial charge in [-0.05, 0) is 26.2 Å². The second kappa shape index (κ2) is 2.61. The number of aromatic nitrogens is 2. The fourth-order valence-electron chi connectivity index (χ4n) is 1.94. The summed E-state index contributed by atoms with van der Waals surface area (Å²) in [6.45, 7) is 7.75. The first-order chi connectivity index (χ1) is 5.68. The average molecular weight is 164 g/mol. The molecule has 1 unspecified atom stereocenters. The van der Waals surface area contributed by atoms with Crippen LogP contribution in [-0.2, 0) is 13.0 Å². The summed E-state index contributed by atoms with van der Waals surface area (Å²) in [5, 5.41) is 0. The van der Waals surface area contributed by atoms with E-state index in [0.29, 0.717) is 0 Å². The van der Waals surface area contributed by atoms with E-state index in [9.17, 15) is 0 Å². The van der Waals surface area contributed by atoms with Crippen molar-refractivity contribution < 1.29 is 0 Å². The molecule has 1 atom stereocenters. The van der Waals surface area contributed by atoms with Crippen LogP contribution in [0.25, 0.3) is 0 Å². The molecule has 0 radical (unpaired) electrons. The van der Waals surface area contributed by atoms with Crippen molar-refractivity contribution in [2.75, 3.05) is 0 Å². The van der Waals surface area contributed by atoms with Crippen molar-refractivity contribution in [3.8, 4) is 0 Å². The molecule has 66 valence electrons. The normalized spacial score (nSPS) is 22.4. The Morgan fingerprint density at radius 3 is 2.92 bits per heavy atom. The minimum atomic E-state index is 0.818. The van der Waals surface area contributed by atoms with Gasteiger partial charge in [0, 0.05) is 18.7 Å². The molecule has 0 saturated carbocycles. The summed E-state index contributed by atoms with van der Waals surface area (Å²) in [5.41, 5.74) is 2.57. The monoisotopic (exact) mass is 164 g/mol. The second-order valence-corrected chi connectivity index (χ2v) is 3.95. The first-order valence-corrected chi connectivity index (χ1v) is 4.71. The molecule has 0 fully saturated rings. The lowest BCUT2D eigenvalue weighted by Crippen LogP contribution is -2.17. The molecule has 1 aromatic heterocycles. The highest BCUT2D eigenvalue weighted by Gasteiger charge is 2.18. The molecule has 0 amide bonds. The van der Waals surface area contributed by atoms with Gasteiger partial charge >= 0.3 is 0 Å². The first-order valence-electron chi connectivity index (χ1n) is 4.71. The Bertz CT molecular complexity index is 299. The maximum atomic E-state index is 4.56. The van der Waals surface area contributed by atoms with Gasteiger partial charge in [0.2, 0.25) is 0 Å². The van der Waals surface area contributed by atoms with Crippen LogP contribution in [0.3, 0.4) is 0 Å². The molecule has 2 heterocycles. The van der Waals surface area contributed by atoms with Crippen LogP contribution in [0.1, 0.15) is 30.6 Å². The van der Waals surface area contributed by atoms with Gasteiger partial charge < -0.3 is 4.57 Å². The molecule has 0 spiro atoms. The van der Waals surface area contributed by atoms with Gasteiger partial charge in [0.1, 0.15) is 5.82 Å². The maximum Gasteiger partial charge on any atom is 0.109 e. The third kappa shape index (κ3) is 1.06. The maximum absolute atomic E-state index is 4.56. The molecule has 2 heteroatoms. The van der Waals surface area contributed by atoms with Crippen LogP contribution in [0, 0.1) is 19.8 Å². The Kier molecular flexibility index (Phi) is 1.71. The predicted molar refractivity (Wildman–Crippen MR) is 49.2 cm³/mol. The van der Waals surface area contributed by atoms with Crippen LogP contribution < -0.4 is 0 Å². The quantitative estimate of drug-likeness (QED) is 0.574. The summed E-state index contributed by atoms with van der Waals surface area (Å²) in [6, 6.07) is 0. The Hall–Kier alpha value is -0.790. The third-order valence-corrected chi connectivity index (χ3v) is 2.91. The number of hydrogen-bond acceptors (Lipinski definition) is 1. The number of rotatable bonds is 0. The molecule has 1 aliphatic rings. The van der Waals surface area contributed by atoms with E-state index in [-0.39, 0.29) is 0 Å². The van der Waals surface area contributed by atoms with E-state index in [2.05, 4.69) is 30.3 Å². The van der Waals surface area contributed by atoms with Crippen molar-refractivity contribution in [1.29, 1.82) is 0 Å². The highest BCUT2D eigenvalue weighted by atomic mass is 15.1. The minimum Gasteiger partial charge on any atom is -0.332 e. The summed E-state index contributed by atoms with van der Waals surface area (Å²) in [7, 11) is 0. The van der Waals surface area contributed by atoms with Gasteiger partial charge in [-0.15, -0.1) is 0 Å². The lowest BCUT2D eigenvalue weighted by molar-refractivity contribution is 0.405. The highest BCUT2D eigenvalue weighted by molar-refractivity contribution is 5.15. The van der Waals surface area contributed by atoms with Crippen LogP contribution in [-0.4, -0.2) is 9.55 Å². The minimum absolute atomic E-state index is 0.818. The van der Waals surface area contributed by atoms with Crippen molar-refractivity contribution in [3.05, 3.63) is 17.2 Å². The molecule has 0 saturated heterocycles. The van der Waals surface area contributed by atoms with Crippen LogP contribution in [0.15, 0.2) is 0 Å². The van der Waals surface area contributed by atoms with E-state index in [4.69, 9.17) is 0 Å². The summed E-state index contributed by atoms with van der Waals surface area (Å²) in [6.07, 6.45) is 2.47. The third-order valence-electron chi connectivity index (χ3n) is 2.91. The molecular formula is C10H16N2. The number of aryl methyl sites for hydroxylation is 1. The van der Waals surface area contributed by atoms with E-state index in [0.717, 1.165) is 12.3 Å². The zero-order valence-corrected chi connectivity index (χ0v) is 8.09. The van der Waals surface area contributed by atoms with Crippen LogP contribution in [0.5, 0.6) is 0 Å². The Labute approximate surface area is 73.6 Å². The van der Waals surface area contributed by atoms with Crippen molar-refractivity contribution in [2.24, 2.45) is 5.92 Å². The second-order valence-electron chi connectivity index (χ2n) is 3.95. The Morgan fingerprint density at radius 1 is 1.42 bits per heavy atom. The summed E-state index contributed by atoms with van der Waals surface area (Å²) >= 11 is 0. The van der Waals surface area contributed by atoms with Crippen molar-refractivity contribution in [3.63, 3.8) is 0 Å². The fourth-order valence-corrected chi connectivity index (χ4v) is 1.94. The number of imidazole rings is 1. The first kappa shape index (κ1) is 7.84. The van der Waals surface area contributed by atoms with E-state index in [1.165, 1.54) is 30.2 Å². The zero-order chi connectivity index (χ0) is 8.72. The molecule has 1 aromatic rings. The average Bonchev–Trinajstić information content (AvgIpc) is 2.28. The molecule has 12 heavy (non-hydrogen) atoms. The van der Waals surface area contributed by atoms with Crippen LogP contribution in [0.4, 0.5) is 0 Å². The molecular weight excluding hydrogens is 148 g/mol. The SMILES string of the molecule is Cc1nc2n(c1C)CCC(C)C2. The van der Waals surface area contributed by atoms with Crippen molar-refractivity contribution in [2.45, 2.75) is 40.2 Å². The van der Waals surface area contributed by atoms with Crippen molar-refractivity contribution >= 4 is 0 Å². The zero-order valence-electron chi connectivity index (χ0n) is 8.09. The molecule has 0 aliphatic carbocycles. The molecule has 2 rings (SSSR count). The smallest absolute Gasteiger partial charge is 0.109 e. The molecule has 0 N–H and O–H groups in total. The number of fused-ring (bicyclic) bond motifs is 1. The highest BCUT2D eigenvalue weighted by Crippen LogP contribution is 2.22. The Morgan fingerprint density at radius 2 is 2.17 bits per heavy atom. The lowest BCUT2D eigenvalue weighted by Gasteiger charge is -2.20. The van der Waals surface area contributed by atoms with E-state index < -0.39 is 0 Å². The summed E-state index contributed by atoms with van der Waals surface area (Å²) < 4.78 is 2.37. The van der Waals surface area contributed by atoms with Crippen LogP contribution in [0.2, 0.25) is 0 Å². The van der Waals surface area contributed by atoms with Gasteiger partial charge in [-0.3, -0.25) is 0 Å². The molecule has 2 nitrogen and oxygen atoms in total. The van der Waals surface area contributed by atoms with E-state index >= 15 is 0 Å². The van der Waals surface area contributed by atoms with Gasteiger partial charge in [-0.1, -0.05) is 6.92 Å². The van der Waals surface area contributed by atoms with Gasteiger partial charge in [0.15, 0.2) is 0 Å². The molecule has 0 aromatic carbocycles. The van der Waals surface area contributed by atoms with E-state index in [1.807, 2.05) is 0 Å². The molecule has 1 aliphatic heterocycles. The van der Waals surface area contributed by atoms with Crippen LogP contribution >= 0.6 is 0 Å². The summed E-state index contributed by atoms with van der Waals surface area (Å²) in [4.78, 5) is 4.56. The predicted octanol–water partition coefficient (Wildman–Crippen LogP) is 2.08. The van der Waals surface area contributed by atoms with E-state index in [1.54, 1.807) is 0 Å². The number of nitrogens with zero attached hydrogens (tertiary/aromatic N) is 2. The van der Waals surface area contributed by atoms with Crippen molar-refractivity contribution in [1.82, 2.24) is 9.55 Å². The standard InChI is InChI=1S/C10H16N2/c1-7-4-5-12-9(3)8(2)11-10(12)6-7/h7H,4-6H2,1-3H3. The number of hydrogen-bond donors (Lipinski definition) is 0. The van der Waals surface area contributed by atoms with Gasteiger partial charge in [0.25, 0.3) is 0 Å². The largest absolute Gasteiger partial charge is 0.332 e. The topological polar surface area (TPSA) is 17.8 Å². The molecule has 0 bridgehead atoms. The Balaban J connectivity index is 2.43. The fraction of sp³-hybridized carbons (Fsp3) is 0.700.